The highest BCUT2D eigenvalue weighted by Gasteiger charge is 2.41. The highest BCUT2D eigenvalue weighted by atomic mass is 19.4. The van der Waals surface area contributed by atoms with Gasteiger partial charge in [-0.15, -0.1) is 0 Å². The molecule has 6 nitrogen and oxygen atoms in total. The Hall–Kier alpha value is -3.31. The SMILES string of the molecule is CC(Oc1ccc(-c2nc(-c3cccnc3N)no2)cc1C(F)(F)F)C(F)(F)F. The van der Waals surface area contributed by atoms with E-state index in [4.69, 9.17) is 10.3 Å². The van der Waals surface area contributed by atoms with Gasteiger partial charge < -0.3 is 15.0 Å². The molecule has 0 aliphatic carbocycles. The largest absolute Gasteiger partial charge is 0.481 e. The first-order valence-electron chi connectivity index (χ1n) is 7.96. The molecule has 2 aromatic heterocycles. The molecule has 1 atom stereocenters. The second kappa shape index (κ2) is 7.26. The molecule has 0 aliphatic rings. The summed E-state index contributed by atoms with van der Waals surface area (Å²) < 4.78 is 87.5. The molecule has 2 N–H and O–H groups in total. The van der Waals surface area contributed by atoms with Gasteiger partial charge in [0.1, 0.15) is 11.6 Å². The first-order chi connectivity index (χ1) is 13.5. The van der Waals surface area contributed by atoms with Crippen LogP contribution in [-0.4, -0.2) is 27.4 Å². The van der Waals surface area contributed by atoms with Gasteiger partial charge in [-0.1, -0.05) is 5.16 Å². The van der Waals surface area contributed by atoms with Gasteiger partial charge >= 0.3 is 12.4 Å². The fourth-order valence-corrected chi connectivity index (χ4v) is 2.30. The first kappa shape index (κ1) is 20.4. The van der Waals surface area contributed by atoms with Gasteiger partial charge in [0.05, 0.1) is 11.1 Å². The molecule has 2 heterocycles. The summed E-state index contributed by atoms with van der Waals surface area (Å²) in [6.07, 6.45) is -10.8. The van der Waals surface area contributed by atoms with Crippen LogP contribution in [0, 0.1) is 0 Å². The molecule has 0 spiro atoms. The van der Waals surface area contributed by atoms with Crippen LogP contribution < -0.4 is 10.5 Å². The van der Waals surface area contributed by atoms with E-state index in [2.05, 4.69) is 19.9 Å². The Morgan fingerprint density at radius 3 is 2.45 bits per heavy atom. The molecule has 0 fully saturated rings. The van der Waals surface area contributed by atoms with Gasteiger partial charge in [0.2, 0.25) is 5.82 Å². The third kappa shape index (κ3) is 4.41. The number of anilines is 1. The summed E-state index contributed by atoms with van der Waals surface area (Å²) in [6.45, 7) is 0.608. The van der Waals surface area contributed by atoms with Crippen LogP contribution in [0.25, 0.3) is 22.8 Å². The predicted molar refractivity (Wildman–Crippen MR) is 88.5 cm³/mol. The summed E-state index contributed by atoms with van der Waals surface area (Å²) in [4.78, 5) is 7.82. The Labute approximate surface area is 159 Å². The number of nitrogen functional groups attached to an aromatic ring is 1. The van der Waals surface area contributed by atoms with Crippen LogP contribution >= 0.6 is 0 Å². The summed E-state index contributed by atoms with van der Waals surface area (Å²) in [5, 5.41) is 3.65. The van der Waals surface area contributed by atoms with Gasteiger partial charge in [-0.3, -0.25) is 0 Å². The lowest BCUT2D eigenvalue weighted by Gasteiger charge is -2.20. The van der Waals surface area contributed by atoms with Gasteiger partial charge in [0.25, 0.3) is 5.89 Å². The molecule has 1 unspecified atom stereocenters. The molecule has 154 valence electrons. The average molecular weight is 418 g/mol. The van der Waals surface area contributed by atoms with Crippen LogP contribution in [0.5, 0.6) is 5.75 Å². The summed E-state index contributed by atoms with van der Waals surface area (Å²) in [7, 11) is 0. The number of nitrogens with zero attached hydrogens (tertiary/aromatic N) is 3. The van der Waals surface area contributed by atoms with E-state index in [9.17, 15) is 26.3 Å². The predicted octanol–water partition coefficient (Wildman–Crippen LogP) is 4.73. The van der Waals surface area contributed by atoms with Crippen molar-refractivity contribution in [3.63, 3.8) is 0 Å². The molecule has 0 bridgehead atoms. The molecule has 1 aromatic carbocycles. The fourth-order valence-electron chi connectivity index (χ4n) is 2.30. The van der Waals surface area contributed by atoms with Crippen LogP contribution in [-0.2, 0) is 6.18 Å². The van der Waals surface area contributed by atoms with Crippen molar-refractivity contribution in [2.75, 3.05) is 5.73 Å². The maximum absolute atomic E-state index is 13.4. The number of benzene rings is 1. The van der Waals surface area contributed by atoms with E-state index in [-0.39, 0.29) is 23.1 Å². The molecule has 0 amide bonds. The number of ether oxygens (including phenoxy) is 1. The van der Waals surface area contributed by atoms with E-state index in [1.54, 1.807) is 6.07 Å². The standard InChI is InChI=1S/C17H12F6N4O2/c1-8(16(18,19)20)28-12-5-4-9(7-11(12)17(21,22)23)15-26-14(27-29-15)10-3-2-6-25-13(10)24/h2-8H,1H3,(H2,24,25). The van der Waals surface area contributed by atoms with Crippen molar-refractivity contribution in [2.24, 2.45) is 0 Å². The summed E-state index contributed by atoms with van der Waals surface area (Å²) >= 11 is 0. The molecule has 0 saturated heterocycles. The Morgan fingerprint density at radius 2 is 1.83 bits per heavy atom. The molecule has 0 aliphatic heterocycles. The zero-order valence-electron chi connectivity index (χ0n) is 14.5. The first-order valence-corrected chi connectivity index (χ1v) is 7.96. The number of hydrogen-bond donors (Lipinski definition) is 1. The Balaban J connectivity index is 1.99. The number of halogens is 6. The highest BCUT2D eigenvalue weighted by molar-refractivity contribution is 5.69. The molecule has 0 saturated carbocycles. The minimum Gasteiger partial charge on any atom is -0.481 e. The second-order valence-electron chi connectivity index (χ2n) is 5.87. The van der Waals surface area contributed by atoms with Crippen molar-refractivity contribution in [2.45, 2.75) is 25.4 Å². The lowest BCUT2D eigenvalue weighted by molar-refractivity contribution is -0.191. The normalized spacial score (nSPS) is 13.3. The number of aromatic nitrogens is 3. The van der Waals surface area contributed by atoms with Crippen molar-refractivity contribution in [3.05, 3.63) is 42.1 Å². The molecule has 0 radical (unpaired) electrons. The second-order valence-corrected chi connectivity index (χ2v) is 5.87. The molecule has 29 heavy (non-hydrogen) atoms. The number of hydrogen-bond acceptors (Lipinski definition) is 6. The number of pyridine rings is 1. The maximum atomic E-state index is 13.4. The minimum absolute atomic E-state index is 0.00909. The van der Waals surface area contributed by atoms with Gasteiger partial charge in [0, 0.05) is 11.8 Å². The van der Waals surface area contributed by atoms with Gasteiger partial charge in [-0.25, -0.2) is 4.98 Å². The minimum atomic E-state index is -4.98. The molecular formula is C17H12F6N4O2. The average Bonchev–Trinajstić information content (AvgIpc) is 3.10. The maximum Gasteiger partial charge on any atom is 0.425 e. The molecule has 3 aromatic rings. The Kier molecular flexibility index (Phi) is 5.11. The fraction of sp³-hybridized carbons (Fsp3) is 0.235. The quantitative estimate of drug-likeness (QED) is 0.617. The van der Waals surface area contributed by atoms with Crippen molar-refractivity contribution in [1.82, 2.24) is 15.1 Å². The molecular weight excluding hydrogens is 406 g/mol. The highest BCUT2D eigenvalue weighted by Crippen LogP contribution is 2.40. The smallest absolute Gasteiger partial charge is 0.425 e. The van der Waals surface area contributed by atoms with Gasteiger partial charge in [-0.05, 0) is 37.3 Å². The summed E-state index contributed by atoms with van der Waals surface area (Å²) in [5.74, 6) is -1.18. The molecule has 3 rings (SSSR count). The summed E-state index contributed by atoms with van der Waals surface area (Å²) in [6, 6.07) is 5.51. The van der Waals surface area contributed by atoms with Crippen LogP contribution in [0.15, 0.2) is 41.1 Å². The van der Waals surface area contributed by atoms with Crippen molar-refractivity contribution in [1.29, 1.82) is 0 Å². The Bertz CT molecular complexity index is 1020. The lowest BCUT2D eigenvalue weighted by atomic mass is 10.1. The van der Waals surface area contributed by atoms with E-state index >= 15 is 0 Å². The lowest BCUT2D eigenvalue weighted by Crippen LogP contribution is -2.31. The van der Waals surface area contributed by atoms with E-state index in [1.807, 2.05) is 0 Å². The topological polar surface area (TPSA) is 87.1 Å². The number of rotatable bonds is 4. The monoisotopic (exact) mass is 418 g/mol. The van der Waals surface area contributed by atoms with E-state index < -0.39 is 29.8 Å². The van der Waals surface area contributed by atoms with Crippen LogP contribution in [0.4, 0.5) is 32.2 Å². The number of alkyl halides is 6. The van der Waals surface area contributed by atoms with Crippen molar-refractivity contribution >= 4 is 5.82 Å². The number of nitrogens with two attached hydrogens (primary N) is 1. The van der Waals surface area contributed by atoms with Crippen LogP contribution in [0.3, 0.4) is 0 Å². The van der Waals surface area contributed by atoms with E-state index in [1.165, 1.54) is 12.3 Å². The zero-order valence-corrected chi connectivity index (χ0v) is 14.5. The van der Waals surface area contributed by atoms with E-state index in [0.29, 0.717) is 18.6 Å². The van der Waals surface area contributed by atoms with Crippen molar-refractivity contribution in [3.8, 4) is 28.6 Å². The third-order valence-electron chi connectivity index (χ3n) is 3.80. The third-order valence-corrected chi connectivity index (χ3v) is 3.80. The summed E-state index contributed by atoms with van der Waals surface area (Å²) in [5.41, 5.74) is 4.42. The Morgan fingerprint density at radius 1 is 1.10 bits per heavy atom. The zero-order chi connectivity index (χ0) is 21.4. The van der Waals surface area contributed by atoms with Gasteiger partial charge in [0.15, 0.2) is 6.10 Å². The van der Waals surface area contributed by atoms with Crippen molar-refractivity contribution < 1.29 is 35.6 Å². The molecule has 12 heteroatoms. The van der Waals surface area contributed by atoms with Gasteiger partial charge in [-0.2, -0.15) is 31.3 Å². The van der Waals surface area contributed by atoms with Crippen LogP contribution in [0.2, 0.25) is 0 Å². The van der Waals surface area contributed by atoms with Crippen LogP contribution in [0.1, 0.15) is 12.5 Å². The van der Waals surface area contributed by atoms with E-state index in [0.717, 1.165) is 12.1 Å².